The third-order valence-electron chi connectivity index (χ3n) is 4.73. The summed E-state index contributed by atoms with van der Waals surface area (Å²) in [6, 6.07) is 7.79. The van der Waals surface area contributed by atoms with Crippen LogP contribution in [0.5, 0.6) is 5.75 Å². The number of nitrogens with one attached hydrogen (secondary N) is 1. The normalized spacial score (nSPS) is 16.5. The van der Waals surface area contributed by atoms with Gasteiger partial charge in [-0.3, -0.25) is 9.59 Å². The fourth-order valence-corrected chi connectivity index (χ4v) is 2.88. The summed E-state index contributed by atoms with van der Waals surface area (Å²) < 4.78 is 5.13. The Morgan fingerprint density at radius 2 is 1.88 bits per heavy atom. The number of rotatable bonds is 6. The van der Waals surface area contributed by atoms with Crippen LogP contribution in [0.2, 0.25) is 0 Å². The number of nitrogens with zero attached hydrogens (tertiary/aromatic N) is 1. The molecule has 0 bridgehead atoms. The predicted molar refractivity (Wildman–Crippen MR) is 93.9 cm³/mol. The van der Waals surface area contributed by atoms with Crippen LogP contribution in [0.4, 0.5) is 0 Å². The minimum atomic E-state index is 0.0315. The SMILES string of the molecule is CCC(C)NC(=O)C1CCN(C(=O)Cc2ccc(OC)cc2)CC1. The number of carbonyl (C=O) groups is 2. The first-order valence-electron chi connectivity index (χ1n) is 8.74. The minimum Gasteiger partial charge on any atom is -0.497 e. The van der Waals surface area contributed by atoms with Crippen molar-refractivity contribution in [1.29, 1.82) is 0 Å². The maximum Gasteiger partial charge on any atom is 0.226 e. The molecule has 0 saturated carbocycles. The Hall–Kier alpha value is -2.04. The van der Waals surface area contributed by atoms with E-state index in [2.05, 4.69) is 12.2 Å². The van der Waals surface area contributed by atoms with E-state index in [1.807, 2.05) is 36.1 Å². The van der Waals surface area contributed by atoms with E-state index < -0.39 is 0 Å². The molecule has 5 heteroatoms. The zero-order valence-electron chi connectivity index (χ0n) is 14.9. The van der Waals surface area contributed by atoms with Gasteiger partial charge < -0.3 is 15.0 Å². The Bertz CT molecular complexity index is 548. The molecule has 0 spiro atoms. The number of amides is 2. The number of likely N-dealkylation sites (tertiary alicyclic amines) is 1. The average Bonchev–Trinajstić information content (AvgIpc) is 2.62. The fourth-order valence-electron chi connectivity index (χ4n) is 2.88. The van der Waals surface area contributed by atoms with E-state index in [4.69, 9.17) is 4.74 Å². The lowest BCUT2D eigenvalue weighted by Crippen LogP contribution is -2.45. The maximum absolute atomic E-state index is 12.4. The second kappa shape index (κ2) is 8.71. The first-order chi connectivity index (χ1) is 11.5. The third kappa shape index (κ3) is 4.98. The van der Waals surface area contributed by atoms with Gasteiger partial charge in [-0.2, -0.15) is 0 Å². The number of ether oxygens (including phenoxy) is 1. The minimum absolute atomic E-state index is 0.0315. The second-order valence-corrected chi connectivity index (χ2v) is 6.50. The van der Waals surface area contributed by atoms with Crippen LogP contribution in [-0.4, -0.2) is 43.0 Å². The number of piperidine rings is 1. The highest BCUT2D eigenvalue weighted by Crippen LogP contribution is 2.19. The third-order valence-corrected chi connectivity index (χ3v) is 4.73. The zero-order chi connectivity index (χ0) is 17.5. The van der Waals surface area contributed by atoms with E-state index in [0.29, 0.717) is 19.5 Å². The molecule has 24 heavy (non-hydrogen) atoms. The summed E-state index contributed by atoms with van der Waals surface area (Å²) in [6.45, 7) is 5.40. The lowest BCUT2D eigenvalue weighted by atomic mass is 9.95. The molecular weight excluding hydrogens is 304 g/mol. The number of hydrogen-bond acceptors (Lipinski definition) is 3. The van der Waals surface area contributed by atoms with Crippen molar-refractivity contribution in [2.75, 3.05) is 20.2 Å². The van der Waals surface area contributed by atoms with Crippen LogP contribution < -0.4 is 10.1 Å². The molecule has 5 nitrogen and oxygen atoms in total. The van der Waals surface area contributed by atoms with Crippen molar-refractivity contribution in [3.8, 4) is 5.75 Å². The van der Waals surface area contributed by atoms with Crippen molar-refractivity contribution in [1.82, 2.24) is 10.2 Å². The van der Waals surface area contributed by atoms with E-state index in [-0.39, 0.29) is 23.8 Å². The quantitative estimate of drug-likeness (QED) is 0.870. The Kier molecular flexibility index (Phi) is 6.64. The van der Waals surface area contributed by atoms with Crippen LogP contribution >= 0.6 is 0 Å². The van der Waals surface area contributed by atoms with Crippen LogP contribution in [-0.2, 0) is 16.0 Å². The van der Waals surface area contributed by atoms with Crippen LogP contribution in [0, 0.1) is 5.92 Å². The van der Waals surface area contributed by atoms with Crippen molar-refractivity contribution in [2.45, 2.75) is 45.6 Å². The monoisotopic (exact) mass is 332 g/mol. The highest BCUT2D eigenvalue weighted by atomic mass is 16.5. The van der Waals surface area contributed by atoms with Crippen LogP contribution in [0.1, 0.15) is 38.7 Å². The smallest absolute Gasteiger partial charge is 0.226 e. The summed E-state index contributed by atoms with van der Waals surface area (Å²) >= 11 is 0. The van der Waals surface area contributed by atoms with Gasteiger partial charge in [-0.05, 0) is 43.9 Å². The van der Waals surface area contributed by atoms with Crippen LogP contribution in [0.25, 0.3) is 0 Å². The summed E-state index contributed by atoms with van der Waals surface area (Å²) in [5, 5.41) is 3.04. The van der Waals surface area contributed by atoms with Gasteiger partial charge in [0.25, 0.3) is 0 Å². The van der Waals surface area contributed by atoms with Crippen molar-refractivity contribution in [3.05, 3.63) is 29.8 Å². The van der Waals surface area contributed by atoms with Crippen molar-refractivity contribution >= 4 is 11.8 Å². The molecule has 0 aliphatic carbocycles. The van der Waals surface area contributed by atoms with Gasteiger partial charge in [0, 0.05) is 25.0 Å². The van der Waals surface area contributed by atoms with Gasteiger partial charge in [0.2, 0.25) is 11.8 Å². The van der Waals surface area contributed by atoms with Gasteiger partial charge in [0.05, 0.1) is 13.5 Å². The summed E-state index contributed by atoms with van der Waals surface area (Å²) in [5.74, 6) is 1.08. The van der Waals surface area contributed by atoms with Crippen molar-refractivity contribution in [3.63, 3.8) is 0 Å². The highest BCUT2D eigenvalue weighted by molar-refractivity contribution is 5.81. The molecule has 1 N–H and O–H groups in total. The maximum atomic E-state index is 12.4. The first kappa shape index (κ1) is 18.3. The van der Waals surface area contributed by atoms with E-state index in [1.165, 1.54) is 0 Å². The van der Waals surface area contributed by atoms with Gasteiger partial charge in [0.15, 0.2) is 0 Å². The van der Waals surface area contributed by atoms with E-state index >= 15 is 0 Å². The molecule has 1 atom stereocenters. The number of methoxy groups -OCH3 is 1. The lowest BCUT2D eigenvalue weighted by Gasteiger charge is -2.32. The average molecular weight is 332 g/mol. The Balaban J connectivity index is 1.80. The molecule has 2 rings (SSSR count). The zero-order valence-corrected chi connectivity index (χ0v) is 14.9. The molecule has 1 unspecified atom stereocenters. The van der Waals surface area contributed by atoms with Gasteiger partial charge in [-0.25, -0.2) is 0 Å². The summed E-state index contributed by atoms with van der Waals surface area (Å²) in [6.07, 6.45) is 2.83. The topological polar surface area (TPSA) is 58.6 Å². The van der Waals surface area contributed by atoms with Gasteiger partial charge in [-0.1, -0.05) is 19.1 Å². The molecule has 1 aromatic rings. The van der Waals surface area contributed by atoms with Crippen LogP contribution in [0.3, 0.4) is 0 Å². The van der Waals surface area contributed by atoms with Gasteiger partial charge in [-0.15, -0.1) is 0 Å². The van der Waals surface area contributed by atoms with E-state index in [9.17, 15) is 9.59 Å². The molecule has 0 aromatic heterocycles. The number of benzene rings is 1. The molecule has 1 fully saturated rings. The molecule has 1 heterocycles. The van der Waals surface area contributed by atoms with Crippen molar-refractivity contribution in [2.24, 2.45) is 5.92 Å². The van der Waals surface area contributed by atoms with Crippen LogP contribution in [0.15, 0.2) is 24.3 Å². The van der Waals surface area contributed by atoms with Crippen molar-refractivity contribution < 1.29 is 14.3 Å². The second-order valence-electron chi connectivity index (χ2n) is 6.50. The molecule has 1 aromatic carbocycles. The van der Waals surface area contributed by atoms with E-state index in [1.54, 1.807) is 7.11 Å². The molecule has 132 valence electrons. The van der Waals surface area contributed by atoms with Gasteiger partial charge >= 0.3 is 0 Å². The van der Waals surface area contributed by atoms with Gasteiger partial charge in [0.1, 0.15) is 5.75 Å². The number of hydrogen-bond donors (Lipinski definition) is 1. The van der Waals surface area contributed by atoms with E-state index in [0.717, 1.165) is 30.6 Å². The predicted octanol–water partition coefficient (Wildman–Crippen LogP) is 2.39. The number of carbonyl (C=O) groups excluding carboxylic acids is 2. The molecule has 1 saturated heterocycles. The highest BCUT2D eigenvalue weighted by Gasteiger charge is 2.27. The summed E-state index contributed by atoms with van der Waals surface area (Å²) in [5.41, 5.74) is 0.984. The molecule has 2 amide bonds. The fraction of sp³-hybridized carbons (Fsp3) is 0.579. The molecule has 0 radical (unpaired) electrons. The first-order valence-corrected chi connectivity index (χ1v) is 8.74. The summed E-state index contributed by atoms with van der Waals surface area (Å²) in [7, 11) is 1.63. The standard InChI is InChI=1S/C19H28N2O3/c1-4-14(2)20-19(23)16-9-11-21(12-10-16)18(22)13-15-5-7-17(24-3)8-6-15/h5-8,14,16H,4,9-13H2,1-3H3,(H,20,23). The largest absolute Gasteiger partial charge is 0.497 e. The Morgan fingerprint density at radius 1 is 1.25 bits per heavy atom. The molecule has 1 aliphatic rings. The Morgan fingerprint density at radius 3 is 2.42 bits per heavy atom. The molecule has 1 aliphatic heterocycles. The Labute approximate surface area is 144 Å². The molecular formula is C19H28N2O3. The summed E-state index contributed by atoms with van der Waals surface area (Å²) in [4.78, 5) is 26.5. The lowest BCUT2D eigenvalue weighted by molar-refractivity contribution is -0.135.